The lowest BCUT2D eigenvalue weighted by Gasteiger charge is -2.14. The van der Waals surface area contributed by atoms with Gasteiger partial charge < -0.3 is 9.84 Å². The zero-order valence-electron chi connectivity index (χ0n) is 12.0. The Bertz CT molecular complexity index is 745. The van der Waals surface area contributed by atoms with Crippen LogP contribution in [0.3, 0.4) is 0 Å². The van der Waals surface area contributed by atoms with Crippen LogP contribution in [0.15, 0.2) is 47.4 Å². The third kappa shape index (κ3) is 2.35. The van der Waals surface area contributed by atoms with E-state index in [1.165, 1.54) is 16.4 Å². The zero-order chi connectivity index (χ0) is 15.7. The number of hydrogen-bond donors (Lipinski definition) is 1. The summed E-state index contributed by atoms with van der Waals surface area (Å²) in [5.74, 6) is -0.193. The van der Waals surface area contributed by atoms with Crippen LogP contribution in [0.1, 0.15) is 22.8 Å². The molecule has 1 aliphatic rings. The van der Waals surface area contributed by atoms with Gasteiger partial charge in [-0.25, -0.2) is 8.51 Å². The van der Waals surface area contributed by atoms with Crippen LogP contribution in [0.25, 0.3) is 0 Å². The molecule has 1 atom stereocenters. The predicted molar refractivity (Wildman–Crippen MR) is 82.0 cm³/mol. The molecule has 0 radical (unpaired) electrons. The van der Waals surface area contributed by atoms with Crippen LogP contribution in [0.4, 0.5) is 0 Å². The number of amides is 1. The van der Waals surface area contributed by atoms with Crippen LogP contribution in [-0.2, 0) is 17.5 Å². The summed E-state index contributed by atoms with van der Waals surface area (Å²) >= 11 is 0. The lowest BCUT2D eigenvalue weighted by atomic mass is 10.1. The van der Waals surface area contributed by atoms with Gasteiger partial charge in [-0.1, -0.05) is 30.3 Å². The summed E-state index contributed by atoms with van der Waals surface area (Å²) in [6.07, 6.45) is 0. The minimum atomic E-state index is -1.74. The standard InChI is InChI=1S/C16H15NO4S/c1-2-21-13-9-8-12(18)15-14(13)16(19)17(22(15)20)10-11-6-4-3-5-7-11/h3-9,18H,2,10H2,1H3. The summed E-state index contributed by atoms with van der Waals surface area (Å²) in [6.45, 7) is 2.40. The fraction of sp³-hybridized carbons (Fsp3) is 0.188. The van der Waals surface area contributed by atoms with Crippen molar-refractivity contribution >= 4 is 16.9 Å². The molecule has 1 aliphatic heterocycles. The molecule has 1 unspecified atom stereocenters. The number of phenolic OH excluding ortho intramolecular Hbond substituents is 1. The van der Waals surface area contributed by atoms with Gasteiger partial charge in [0.2, 0.25) is 0 Å². The normalized spacial score (nSPS) is 16.7. The Morgan fingerprint density at radius 1 is 1.18 bits per heavy atom. The zero-order valence-corrected chi connectivity index (χ0v) is 12.8. The predicted octanol–water partition coefficient (Wildman–Crippen LogP) is 2.47. The van der Waals surface area contributed by atoms with Crippen molar-refractivity contribution < 1.29 is 18.8 Å². The van der Waals surface area contributed by atoms with Crippen LogP contribution in [-0.4, -0.2) is 26.1 Å². The number of rotatable bonds is 4. The molecule has 2 aromatic rings. The molecule has 0 bridgehead atoms. The average Bonchev–Trinajstić information content (AvgIpc) is 2.77. The second kappa shape index (κ2) is 5.81. The largest absolute Gasteiger partial charge is 0.507 e. The van der Waals surface area contributed by atoms with Gasteiger partial charge in [-0.15, -0.1) is 0 Å². The maximum Gasteiger partial charge on any atom is 0.271 e. The number of aromatic hydroxyl groups is 1. The SMILES string of the molecule is CCOc1ccc(O)c2c1C(=O)N(Cc1ccccc1)S2=O. The number of hydrogen-bond acceptors (Lipinski definition) is 4. The second-order valence-electron chi connectivity index (χ2n) is 4.80. The van der Waals surface area contributed by atoms with Crippen molar-refractivity contribution in [1.29, 1.82) is 0 Å². The molecule has 0 saturated heterocycles. The Hall–Kier alpha value is -2.34. The minimum Gasteiger partial charge on any atom is -0.507 e. The van der Waals surface area contributed by atoms with Gasteiger partial charge in [-0.05, 0) is 24.6 Å². The van der Waals surface area contributed by atoms with E-state index in [1.54, 1.807) is 6.92 Å². The van der Waals surface area contributed by atoms with E-state index in [9.17, 15) is 14.1 Å². The highest BCUT2D eigenvalue weighted by molar-refractivity contribution is 7.84. The van der Waals surface area contributed by atoms with Gasteiger partial charge in [-0.2, -0.15) is 0 Å². The fourth-order valence-corrected chi connectivity index (χ4v) is 3.74. The van der Waals surface area contributed by atoms with Crippen molar-refractivity contribution in [2.75, 3.05) is 6.61 Å². The minimum absolute atomic E-state index is 0.131. The summed E-state index contributed by atoms with van der Waals surface area (Å²) in [5, 5.41) is 9.97. The topological polar surface area (TPSA) is 66.8 Å². The van der Waals surface area contributed by atoms with Gasteiger partial charge in [-0.3, -0.25) is 4.79 Å². The van der Waals surface area contributed by atoms with Crippen molar-refractivity contribution in [3.8, 4) is 11.5 Å². The molecule has 1 N–H and O–H groups in total. The molecular formula is C16H15NO4S. The van der Waals surface area contributed by atoms with E-state index in [0.717, 1.165) is 5.56 Å². The molecule has 1 heterocycles. The van der Waals surface area contributed by atoms with Crippen LogP contribution in [0.5, 0.6) is 11.5 Å². The molecule has 0 aromatic heterocycles. The van der Waals surface area contributed by atoms with E-state index in [1.807, 2.05) is 30.3 Å². The van der Waals surface area contributed by atoms with E-state index in [0.29, 0.717) is 12.4 Å². The van der Waals surface area contributed by atoms with Crippen molar-refractivity contribution in [2.45, 2.75) is 18.4 Å². The number of benzene rings is 2. The van der Waals surface area contributed by atoms with Crippen molar-refractivity contribution in [1.82, 2.24) is 4.31 Å². The average molecular weight is 317 g/mol. The highest BCUT2D eigenvalue weighted by Gasteiger charge is 2.39. The van der Waals surface area contributed by atoms with Gasteiger partial charge in [0, 0.05) is 0 Å². The van der Waals surface area contributed by atoms with E-state index in [2.05, 4.69) is 0 Å². The first-order valence-corrected chi connectivity index (χ1v) is 8.00. The molecule has 2 aromatic carbocycles. The third-order valence-corrected chi connectivity index (χ3v) is 4.84. The van der Waals surface area contributed by atoms with E-state index < -0.39 is 16.9 Å². The molecule has 5 nitrogen and oxygen atoms in total. The number of carbonyl (C=O) groups is 1. The number of carbonyl (C=O) groups excluding carboxylic acids is 1. The molecule has 3 rings (SSSR count). The van der Waals surface area contributed by atoms with Gasteiger partial charge in [0.25, 0.3) is 5.91 Å². The van der Waals surface area contributed by atoms with Crippen molar-refractivity contribution in [3.63, 3.8) is 0 Å². The Morgan fingerprint density at radius 3 is 2.59 bits per heavy atom. The summed E-state index contributed by atoms with van der Waals surface area (Å²) in [5.41, 5.74) is 1.06. The number of ether oxygens (including phenoxy) is 1. The number of nitrogens with zero attached hydrogens (tertiary/aromatic N) is 1. The first kappa shape index (κ1) is 14.6. The fourth-order valence-electron chi connectivity index (χ4n) is 2.40. The molecular weight excluding hydrogens is 302 g/mol. The quantitative estimate of drug-likeness (QED) is 0.940. The maximum absolute atomic E-state index is 12.6. The lowest BCUT2D eigenvalue weighted by Crippen LogP contribution is -2.25. The lowest BCUT2D eigenvalue weighted by molar-refractivity contribution is 0.0865. The van der Waals surface area contributed by atoms with Crippen LogP contribution >= 0.6 is 0 Å². The van der Waals surface area contributed by atoms with Crippen molar-refractivity contribution in [2.24, 2.45) is 0 Å². The number of phenols is 1. The molecule has 1 amide bonds. The maximum atomic E-state index is 12.6. The first-order chi connectivity index (χ1) is 10.6. The molecule has 0 fully saturated rings. The van der Waals surface area contributed by atoms with Crippen LogP contribution in [0.2, 0.25) is 0 Å². The second-order valence-corrected chi connectivity index (χ2v) is 6.14. The molecule has 0 saturated carbocycles. The Labute approximate surface area is 130 Å². The van der Waals surface area contributed by atoms with E-state index in [4.69, 9.17) is 4.74 Å². The smallest absolute Gasteiger partial charge is 0.271 e. The summed E-state index contributed by atoms with van der Waals surface area (Å²) in [4.78, 5) is 12.7. The molecule has 0 aliphatic carbocycles. The van der Waals surface area contributed by atoms with Crippen LogP contribution in [0, 0.1) is 0 Å². The van der Waals surface area contributed by atoms with E-state index >= 15 is 0 Å². The van der Waals surface area contributed by atoms with Gasteiger partial charge >= 0.3 is 0 Å². The molecule has 6 heteroatoms. The number of fused-ring (bicyclic) bond motifs is 1. The van der Waals surface area contributed by atoms with Gasteiger partial charge in [0.05, 0.1) is 13.2 Å². The van der Waals surface area contributed by atoms with Crippen LogP contribution < -0.4 is 4.74 Å². The Morgan fingerprint density at radius 2 is 1.91 bits per heavy atom. The van der Waals surface area contributed by atoms with Gasteiger partial charge in [0.1, 0.15) is 22.0 Å². The molecule has 0 spiro atoms. The van der Waals surface area contributed by atoms with E-state index in [-0.39, 0.29) is 22.8 Å². The monoisotopic (exact) mass is 317 g/mol. The van der Waals surface area contributed by atoms with Crippen molar-refractivity contribution in [3.05, 3.63) is 53.6 Å². The van der Waals surface area contributed by atoms with Gasteiger partial charge in [0.15, 0.2) is 11.0 Å². The first-order valence-electron chi connectivity index (χ1n) is 6.90. The highest BCUT2D eigenvalue weighted by atomic mass is 32.2. The Kier molecular flexibility index (Phi) is 3.85. The molecule has 22 heavy (non-hydrogen) atoms. The summed E-state index contributed by atoms with van der Waals surface area (Å²) in [6, 6.07) is 12.2. The Balaban J connectivity index is 2.01. The molecule has 114 valence electrons. The summed E-state index contributed by atoms with van der Waals surface area (Å²) < 4.78 is 19.3. The third-order valence-electron chi connectivity index (χ3n) is 3.38. The highest BCUT2D eigenvalue weighted by Crippen LogP contribution is 2.40. The summed E-state index contributed by atoms with van der Waals surface area (Å²) in [7, 11) is -1.74.